The average molecular weight is 292 g/mol. The van der Waals surface area contributed by atoms with Crippen LogP contribution in [0.5, 0.6) is 0 Å². The number of carbonyl (C=O) groups excluding carboxylic acids is 1. The van der Waals surface area contributed by atoms with Gasteiger partial charge in [0.2, 0.25) is 0 Å². The van der Waals surface area contributed by atoms with Crippen LogP contribution in [0.1, 0.15) is 57.1 Å². The van der Waals surface area contributed by atoms with Crippen LogP contribution in [-0.4, -0.2) is 50.3 Å². The lowest BCUT2D eigenvalue weighted by Gasteiger charge is -2.17. The highest BCUT2D eigenvalue weighted by Crippen LogP contribution is 2.47. The normalized spacial score (nSPS) is 27.4. The minimum Gasteiger partial charge on any atom is -0.384 e. The first-order valence-corrected chi connectivity index (χ1v) is 7.86. The molecule has 1 aliphatic heterocycles. The van der Waals surface area contributed by atoms with E-state index >= 15 is 0 Å². The molecule has 6 nitrogen and oxygen atoms in total. The van der Waals surface area contributed by atoms with Gasteiger partial charge < -0.3 is 10.0 Å². The van der Waals surface area contributed by atoms with Crippen LogP contribution in [0.2, 0.25) is 0 Å². The molecule has 1 aromatic rings. The van der Waals surface area contributed by atoms with E-state index in [1.165, 1.54) is 19.8 Å². The third-order valence-corrected chi connectivity index (χ3v) is 4.65. The Morgan fingerprint density at radius 3 is 2.57 bits per heavy atom. The van der Waals surface area contributed by atoms with Crippen LogP contribution < -0.4 is 0 Å². The smallest absolute Gasteiger partial charge is 0.251 e. The number of H-pyrrole nitrogens is 1. The van der Waals surface area contributed by atoms with Crippen molar-refractivity contribution in [3.8, 4) is 0 Å². The molecular weight excluding hydrogens is 268 g/mol. The largest absolute Gasteiger partial charge is 0.384 e. The Bertz CT molecular complexity index is 521. The van der Waals surface area contributed by atoms with E-state index in [1.807, 2.05) is 0 Å². The van der Waals surface area contributed by atoms with E-state index in [9.17, 15) is 9.90 Å². The highest BCUT2D eigenvalue weighted by molar-refractivity contribution is 5.80. The number of aliphatic hydroxyl groups is 1. The van der Waals surface area contributed by atoms with Gasteiger partial charge in [-0.2, -0.15) is 5.10 Å². The van der Waals surface area contributed by atoms with Crippen LogP contribution >= 0.6 is 0 Å². The fourth-order valence-electron chi connectivity index (χ4n) is 3.28. The fraction of sp³-hybridized carbons (Fsp3) is 0.800. The zero-order valence-corrected chi connectivity index (χ0v) is 12.9. The van der Waals surface area contributed by atoms with Gasteiger partial charge >= 0.3 is 0 Å². The molecule has 3 atom stereocenters. The van der Waals surface area contributed by atoms with E-state index in [0.29, 0.717) is 24.3 Å². The van der Waals surface area contributed by atoms with Gasteiger partial charge in [0.05, 0.1) is 0 Å². The molecule has 0 spiro atoms. The highest BCUT2D eigenvalue weighted by atomic mass is 16.3. The van der Waals surface area contributed by atoms with Gasteiger partial charge in [-0.25, -0.2) is 4.98 Å². The molecule has 0 bridgehead atoms. The maximum Gasteiger partial charge on any atom is 0.251 e. The Morgan fingerprint density at radius 1 is 1.33 bits per heavy atom. The molecule has 1 aromatic heterocycles. The third-order valence-electron chi connectivity index (χ3n) is 4.65. The lowest BCUT2D eigenvalue weighted by Crippen LogP contribution is -2.36. The van der Waals surface area contributed by atoms with Crippen LogP contribution in [0.3, 0.4) is 0 Å². The van der Waals surface area contributed by atoms with Crippen LogP contribution in [0.4, 0.5) is 0 Å². The van der Waals surface area contributed by atoms with Gasteiger partial charge in [0, 0.05) is 24.9 Å². The Morgan fingerprint density at radius 2 is 2.05 bits per heavy atom. The zero-order valence-electron chi connectivity index (χ0n) is 12.9. The summed E-state index contributed by atoms with van der Waals surface area (Å²) in [7, 11) is 0. The van der Waals surface area contributed by atoms with Crippen LogP contribution in [0.25, 0.3) is 0 Å². The van der Waals surface area contributed by atoms with Gasteiger partial charge in [-0.05, 0) is 31.6 Å². The van der Waals surface area contributed by atoms with E-state index in [2.05, 4.69) is 29.0 Å². The van der Waals surface area contributed by atoms with Crippen molar-refractivity contribution in [1.29, 1.82) is 0 Å². The Hall–Kier alpha value is -1.43. The molecule has 21 heavy (non-hydrogen) atoms. The lowest BCUT2D eigenvalue weighted by atomic mass is 9.91. The molecule has 2 aliphatic rings. The van der Waals surface area contributed by atoms with Gasteiger partial charge in [0.15, 0.2) is 5.82 Å². The SMILES string of the molecule is CC(O)C(=O)N1C[C@@H](c2nc(C(C)C)n[nH]2)[C@H](C2CC2)C1. The number of carbonyl (C=O) groups is 1. The average Bonchev–Trinajstić information content (AvgIpc) is 3.01. The second-order valence-electron chi connectivity index (χ2n) is 6.76. The first kappa shape index (κ1) is 14.5. The molecule has 3 rings (SSSR count). The quantitative estimate of drug-likeness (QED) is 0.875. The molecule has 1 aliphatic carbocycles. The molecule has 1 saturated carbocycles. The standard InChI is InChI=1S/C15H24N4O2/c1-8(2)13-16-14(18-17-13)12-7-19(15(21)9(3)20)6-11(12)10-4-5-10/h8-12,20H,4-7H2,1-3H3,(H,16,17,18)/t9?,11-,12+/m0/s1. The number of amides is 1. The van der Waals surface area contributed by atoms with E-state index in [4.69, 9.17) is 0 Å². The summed E-state index contributed by atoms with van der Waals surface area (Å²) in [5.74, 6) is 3.21. The number of aromatic nitrogens is 3. The van der Waals surface area contributed by atoms with E-state index in [1.54, 1.807) is 4.90 Å². The summed E-state index contributed by atoms with van der Waals surface area (Å²) >= 11 is 0. The maximum atomic E-state index is 12.1. The van der Waals surface area contributed by atoms with Crippen molar-refractivity contribution in [3.63, 3.8) is 0 Å². The molecule has 0 radical (unpaired) electrons. The number of likely N-dealkylation sites (tertiary alicyclic amines) is 1. The van der Waals surface area contributed by atoms with Crippen LogP contribution in [0, 0.1) is 11.8 Å². The van der Waals surface area contributed by atoms with Gasteiger partial charge in [0.1, 0.15) is 11.9 Å². The Kier molecular flexibility index (Phi) is 3.73. The number of aromatic amines is 1. The molecule has 0 aromatic carbocycles. The molecule has 2 heterocycles. The highest BCUT2D eigenvalue weighted by Gasteiger charge is 2.46. The van der Waals surface area contributed by atoms with E-state index in [0.717, 1.165) is 18.2 Å². The number of hydrogen-bond acceptors (Lipinski definition) is 4. The molecule has 1 saturated heterocycles. The molecule has 2 fully saturated rings. The zero-order chi connectivity index (χ0) is 15.1. The monoisotopic (exact) mass is 292 g/mol. The predicted molar refractivity (Wildman–Crippen MR) is 77.7 cm³/mol. The van der Waals surface area contributed by atoms with Crippen molar-refractivity contribution in [1.82, 2.24) is 20.1 Å². The number of hydrogen-bond donors (Lipinski definition) is 2. The summed E-state index contributed by atoms with van der Waals surface area (Å²) in [6.07, 6.45) is 1.55. The van der Waals surface area contributed by atoms with Gasteiger partial charge in [-0.15, -0.1) is 0 Å². The summed E-state index contributed by atoms with van der Waals surface area (Å²) in [5, 5.41) is 16.9. The molecule has 116 valence electrons. The van der Waals surface area contributed by atoms with E-state index < -0.39 is 6.10 Å². The van der Waals surface area contributed by atoms with Crippen molar-refractivity contribution >= 4 is 5.91 Å². The van der Waals surface area contributed by atoms with Crippen molar-refractivity contribution in [2.75, 3.05) is 13.1 Å². The van der Waals surface area contributed by atoms with Crippen molar-refractivity contribution in [3.05, 3.63) is 11.6 Å². The van der Waals surface area contributed by atoms with Crippen molar-refractivity contribution in [2.45, 2.75) is 51.6 Å². The Labute approximate surface area is 124 Å². The van der Waals surface area contributed by atoms with Gasteiger partial charge in [0.25, 0.3) is 5.91 Å². The van der Waals surface area contributed by atoms with Gasteiger partial charge in [-0.1, -0.05) is 13.8 Å². The van der Waals surface area contributed by atoms with Crippen LogP contribution in [-0.2, 0) is 4.79 Å². The Balaban J connectivity index is 1.79. The summed E-state index contributed by atoms with van der Waals surface area (Å²) in [4.78, 5) is 18.5. The van der Waals surface area contributed by atoms with E-state index in [-0.39, 0.29) is 11.8 Å². The summed E-state index contributed by atoms with van der Waals surface area (Å²) in [6, 6.07) is 0. The van der Waals surface area contributed by atoms with Crippen molar-refractivity contribution < 1.29 is 9.90 Å². The molecule has 2 N–H and O–H groups in total. The summed E-state index contributed by atoms with van der Waals surface area (Å²) in [5.41, 5.74) is 0. The number of aliphatic hydroxyl groups excluding tert-OH is 1. The first-order chi connectivity index (χ1) is 9.97. The second kappa shape index (κ2) is 5.40. The predicted octanol–water partition coefficient (Wildman–Crippen LogP) is 1.26. The topological polar surface area (TPSA) is 82.1 Å². The maximum absolute atomic E-state index is 12.1. The summed E-state index contributed by atoms with van der Waals surface area (Å²) in [6.45, 7) is 7.05. The minimum absolute atomic E-state index is 0.174. The summed E-state index contributed by atoms with van der Waals surface area (Å²) < 4.78 is 0. The number of rotatable bonds is 4. The number of nitrogens with one attached hydrogen (secondary N) is 1. The fourth-order valence-corrected chi connectivity index (χ4v) is 3.28. The first-order valence-electron chi connectivity index (χ1n) is 7.86. The van der Waals surface area contributed by atoms with Crippen molar-refractivity contribution in [2.24, 2.45) is 11.8 Å². The molecular formula is C15H24N4O2. The third kappa shape index (κ3) is 2.81. The molecule has 1 amide bonds. The van der Waals surface area contributed by atoms with Crippen LogP contribution in [0.15, 0.2) is 0 Å². The van der Waals surface area contributed by atoms with Gasteiger partial charge in [-0.3, -0.25) is 9.89 Å². The lowest BCUT2D eigenvalue weighted by molar-refractivity contribution is -0.138. The number of nitrogens with zero attached hydrogens (tertiary/aromatic N) is 3. The molecule has 1 unspecified atom stereocenters. The molecule has 6 heteroatoms. The minimum atomic E-state index is -0.926. The second-order valence-corrected chi connectivity index (χ2v) is 6.76.